The minimum absolute atomic E-state index is 0.188. The van der Waals surface area contributed by atoms with E-state index in [-0.39, 0.29) is 22.7 Å². The van der Waals surface area contributed by atoms with Crippen LogP contribution in [0.5, 0.6) is 0 Å². The normalized spacial score (nSPS) is 15.1. The molecule has 0 unspecified atom stereocenters. The van der Waals surface area contributed by atoms with Crippen molar-refractivity contribution in [3.05, 3.63) is 54.3 Å². The summed E-state index contributed by atoms with van der Waals surface area (Å²) in [7, 11) is -3.28. The molecule has 1 fully saturated rings. The Labute approximate surface area is 157 Å². The number of nitrogens with one attached hydrogen (secondary N) is 1. The lowest BCUT2D eigenvalue weighted by atomic mass is 10.3. The van der Waals surface area contributed by atoms with Gasteiger partial charge in [0.25, 0.3) is 0 Å². The number of anilines is 1. The highest BCUT2D eigenvalue weighted by Gasteiger charge is 2.30. The third-order valence-corrected chi connectivity index (χ3v) is 7.68. The number of thioether (sulfide) groups is 1. The summed E-state index contributed by atoms with van der Waals surface area (Å²) in [4.78, 5) is 13.1. The summed E-state index contributed by atoms with van der Waals surface area (Å²) in [6.07, 6.45) is 3.37. The van der Waals surface area contributed by atoms with E-state index >= 15 is 0 Å². The molecule has 1 N–H and O–H groups in total. The standard InChI is InChI=1S/C19H20FNO3S2/c20-14-5-9-16(10-6-14)25-13-19(22)21-15-7-11-18(12-8-15)26(23,24)17-3-1-2-4-17/h5-12,17H,1-4,13H2,(H,21,22). The second-order valence-electron chi connectivity index (χ2n) is 6.27. The van der Waals surface area contributed by atoms with E-state index in [0.717, 1.165) is 30.6 Å². The van der Waals surface area contributed by atoms with Crippen LogP contribution in [0.3, 0.4) is 0 Å². The predicted molar refractivity (Wildman–Crippen MR) is 102 cm³/mol. The number of hydrogen-bond donors (Lipinski definition) is 1. The van der Waals surface area contributed by atoms with E-state index in [0.29, 0.717) is 10.6 Å². The first-order valence-electron chi connectivity index (χ1n) is 8.47. The third-order valence-electron chi connectivity index (χ3n) is 4.39. The van der Waals surface area contributed by atoms with Crippen molar-refractivity contribution in [2.24, 2.45) is 0 Å². The molecule has 1 aliphatic rings. The number of hydrogen-bond acceptors (Lipinski definition) is 4. The van der Waals surface area contributed by atoms with Crippen LogP contribution in [0.1, 0.15) is 25.7 Å². The Morgan fingerprint density at radius 2 is 1.65 bits per heavy atom. The molecule has 2 aromatic rings. The summed E-state index contributed by atoms with van der Waals surface area (Å²) in [6.45, 7) is 0. The summed E-state index contributed by atoms with van der Waals surface area (Å²) in [6, 6.07) is 12.3. The molecule has 0 aliphatic heterocycles. The van der Waals surface area contributed by atoms with E-state index in [1.165, 1.54) is 23.9 Å². The summed E-state index contributed by atoms with van der Waals surface area (Å²) in [5, 5.41) is 2.46. The van der Waals surface area contributed by atoms with Crippen molar-refractivity contribution in [2.75, 3.05) is 11.1 Å². The SMILES string of the molecule is O=C(CSc1ccc(F)cc1)Nc1ccc(S(=O)(=O)C2CCCC2)cc1. The first kappa shape index (κ1) is 18.9. The molecule has 0 atom stereocenters. The van der Waals surface area contributed by atoms with Crippen molar-refractivity contribution in [2.45, 2.75) is 40.7 Å². The molecule has 0 bridgehead atoms. The zero-order chi connectivity index (χ0) is 18.6. The van der Waals surface area contributed by atoms with Gasteiger partial charge in [0, 0.05) is 10.6 Å². The first-order valence-corrected chi connectivity index (χ1v) is 11.0. The lowest BCUT2D eigenvalue weighted by Gasteiger charge is -2.12. The van der Waals surface area contributed by atoms with Gasteiger partial charge in [0.15, 0.2) is 9.84 Å². The fourth-order valence-corrected chi connectivity index (χ4v) is 5.55. The molecule has 0 radical (unpaired) electrons. The number of amides is 1. The molecule has 1 aliphatic carbocycles. The van der Waals surface area contributed by atoms with Crippen molar-refractivity contribution >= 4 is 33.2 Å². The van der Waals surface area contributed by atoms with Gasteiger partial charge in [-0.2, -0.15) is 0 Å². The molecule has 138 valence electrons. The molecule has 0 saturated heterocycles. The van der Waals surface area contributed by atoms with Crippen LogP contribution < -0.4 is 5.32 Å². The van der Waals surface area contributed by atoms with Crippen LogP contribution in [0.4, 0.5) is 10.1 Å². The maximum Gasteiger partial charge on any atom is 0.234 e. The lowest BCUT2D eigenvalue weighted by Crippen LogP contribution is -2.18. The molecule has 26 heavy (non-hydrogen) atoms. The fraction of sp³-hybridized carbons (Fsp3) is 0.316. The van der Waals surface area contributed by atoms with Crippen LogP contribution in [0.25, 0.3) is 0 Å². The van der Waals surface area contributed by atoms with Gasteiger partial charge in [-0.25, -0.2) is 12.8 Å². The average Bonchev–Trinajstić information content (AvgIpc) is 3.17. The molecular weight excluding hydrogens is 373 g/mol. The van der Waals surface area contributed by atoms with Crippen LogP contribution in [0, 0.1) is 5.82 Å². The number of sulfone groups is 1. The number of carbonyl (C=O) groups excluding carboxylic acids is 1. The molecular formula is C19H20FNO3S2. The summed E-state index contributed by atoms with van der Waals surface area (Å²) >= 11 is 1.31. The zero-order valence-corrected chi connectivity index (χ0v) is 15.8. The second kappa shape index (κ2) is 8.22. The Hall–Kier alpha value is -1.86. The average molecular weight is 394 g/mol. The predicted octanol–water partition coefficient (Wildman–Crippen LogP) is 4.27. The summed E-state index contributed by atoms with van der Waals surface area (Å²) < 4.78 is 37.9. The molecule has 2 aromatic carbocycles. The Kier molecular flexibility index (Phi) is 5.98. The molecule has 4 nitrogen and oxygen atoms in total. The van der Waals surface area contributed by atoms with Gasteiger partial charge in [-0.15, -0.1) is 11.8 Å². The molecule has 0 spiro atoms. The molecule has 1 amide bonds. The maximum absolute atomic E-state index is 12.9. The second-order valence-corrected chi connectivity index (χ2v) is 9.54. The number of halogens is 1. The van der Waals surface area contributed by atoms with E-state index in [1.807, 2.05) is 0 Å². The van der Waals surface area contributed by atoms with Gasteiger partial charge >= 0.3 is 0 Å². The Balaban J connectivity index is 1.56. The Morgan fingerprint density at radius 3 is 2.27 bits per heavy atom. The number of rotatable bonds is 6. The first-order chi connectivity index (χ1) is 12.4. The van der Waals surface area contributed by atoms with Gasteiger partial charge in [-0.05, 0) is 61.4 Å². The summed E-state index contributed by atoms with van der Waals surface area (Å²) in [5.74, 6) is -0.328. The van der Waals surface area contributed by atoms with Gasteiger partial charge in [-0.3, -0.25) is 4.79 Å². The number of carbonyl (C=O) groups is 1. The van der Waals surface area contributed by atoms with Crippen molar-refractivity contribution in [3.63, 3.8) is 0 Å². The van der Waals surface area contributed by atoms with Crippen LogP contribution in [0.2, 0.25) is 0 Å². The van der Waals surface area contributed by atoms with Gasteiger partial charge in [0.1, 0.15) is 5.82 Å². The molecule has 3 rings (SSSR count). The van der Waals surface area contributed by atoms with E-state index in [1.54, 1.807) is 36.4 Å². The lowest BCUT2D eigenvalue weighted by molar-refractivity contribution is -0.113. The maximum atomic E-state index is 12.9. The van der Waals surface area contributed by atoms with Gasteiger partial charge in [0.05, 0.1) is 15.9 Å². The van der Waals surface area contributed by atoms with Crippen molar-refractivity contribution in [1.82, 2.24) is 0 Å². The number of benzene rings is 2. The highest BCUT2D eigenvalue weighted by atomic mass is 32.2. The highest BCUT2D eigenvalue weighted by Crippen LogP contribution is 2.30. The highest BCUT2D eigenvalue weighted by molar-refractivity contribution is 8.00. The van der Waals surface area contributed by atoms with Crippen LogP contribution >= 0.6 is 11.8 Å². The van der Waals surface area contributed by atoms with Gasteiger partial charge in [0.2, 0.25) is 5.91 Å². The summed E-state index contributed by atoms with van der Waals surface area (Å²) in [5.41, 5.74) is 0.556. The Morgan fingerprint density at radius 1 is 1.04 bits per heavy atom. The van der Waals surface area contributed by atoms with Gasteiger partial charge < -0.3 is 5.32 Å². The fourth-order valence-electron chi connectivity index (χ4n) is 3.00. The quantitative estimate of drug-likeness (QED) is 0.745. The third kappa shape index (κ3) is 4.65. The molecule has 0 heterocycles. The van der Waals surface area contributed by atoms with Crippen LogP contribution in [-0.4, -0.2) is 25.3 Å². The van der Waals surface area contributed by atoms with Crippen LogP contribution in [0.15, 0.2) is 58.3 Å². The monoisotopic (exact) mass is 393 g/mol. The van der Waals surface area contributed by atoms with Crippen LogP contribution in [-0.2, 0) is 14.6 Å². The van der Waals surface area contributed by atoms with E-state index < -0.39 is 9.84 Å². The van der Waals surface area contributed by atoms with Crippen molar-refractivity contribution in [3.8, 4) is 0 Å². The van der Waals surface area contributed by atoms with E-state index in [4.69, 9.17) is 0 Å². The van der Waals surface area contributed by atoms with Crippen molar-refractivity contribution in [1.29, 1.82) is 0 Å². The molecule has 1 saturated carbocycles. The molecule has 7 heteroatoms. The van der Waals surface area contributed by atoms with E-state index in [2.05, 4.69) is 5.32 Å². The smallest absolute Gasteiger partial charge is 0.234 e. The molecule has 0 aromatic heterocycles. The Bertz CT molecular complexity index is 859. The topological polar surface area (TPSA) is 63.2 Å². The minimum atomic E-state index is -3.28. The van der Waals surface area contributed by atoms with E-state index in [9.17, 15) is 17.6 Å². The zero-order valence-electron chi connectivity index (χ0n) is 14.2. The van der Waals surface area contributed by atoms with Crippen molar-refractivity contribution < 1.29 is 17.6 Å². The largest absolute Gasteiger partial charge is 0.325 e. The van der Waals surface area contributed by atoms with Gasteiger partial charge in [-0.1, -0.05) is 12.8 Å². The minimum Gasteiger partial charge on any atom is -0.325 e.